The van der Waals surface area contributed by atoms with E-state index in [1.807, 2.05) is 10.8 Å². The fourth-order valence-corrected chi connectivity index (χ4v) is 2.70. The molecule has 0 amide bonds. The number of rotatable bonds is 5. The number of nitrogens with zero attached hydrogens (tertiary/aromatic N) is 6. The van der Waals surface area contributed by atoms with E-state index in [4.69, 9.17) is 4.74 Å². The summed E-state index contributed by atoms with van der Waals surface area (Å²) in [4.78, 5) is 7.68. The lowest BCUT2D eigenvalue weighted by atomic mass is 10.1. The average Bonchev–Trinajstić information content (AvgIpc) is 3.31. The van der Waals surface area contributed by atoms with Gasteiger partial charge in [-0.3, -0.25) is 0 Å². The summed E-state index contributed by atoms with van der Waals surface area (Å²) in [5.41, 5.74) is 2.43. The topological polar surface area (TPSA) is 81.0 Å². The molecule has 0 saturated carbocycles. The number of imidazole rings is 1. The number of pyridine rings is 2. The normalized spacial score (nSPS) is 10.8. The maximum Gasteiger partial charge on any atom is 0.212 e. The van der Waals surface area contributed by atoms with E-state index >= 15 is 0 Å². The van der Waals surface area contributed by atoms with Crippen molar-refractivity contribution in [3.63, 3.8) is 0 Å². The van der Waals surface area contributed by atoms with Crippen LogP contribution >= 0.6 is 0 Å². The molecule has 4 aromatic heterocycles. The molecular weight excluding hydrogens is 335 g/mol. The van der Waals surface area contributed by atoms with Crippen molar-refractivity contribution in [3.05, 3.63) is 67.0 Å². The molecule has 0 bridgehead atoms. The number of ether oxygens (including phenoxy) is 1. The molecule has 128 valence electrons. The van der Waals surface area contributed by atoms with Crippen LogP contribution < -0.4 is 4.74 Å². The van der Waals surface area contributed by atoms with Crippen LogP contribution in [0.4, 0.5) is 4.39 Å². The van der Waals surface area contributed by atoms with E-state index in [0.717, 1.165) is 0 Å². The van der Waals surface area contributed by atoms with Crippen LogP contribution in [0, 0.1) is 17.3 Å². The van der Waals surface area contributed by atoms with Crippen LogP contribution in [0.2, 0.25) is 0 Å². The smallest absolute Gasteiger partial charge is 0.212 e. The van der Waals surface area contributed by atoms with Gasteiger partial charge in [-0.2, -0.15) is 14.8 Å². The van der Waals surface area contributed by atoms with Crippen molar-refractivity contribution in [2.75, 3.05) is 6.61 Å². The quantitative estimate of drug-likeness (QED) is 0.518. The number of halogens is 1. The van der Waals surface area contributed by atoms with E-state index in [2.05, 4.69) is 21.1 Å². The lowest BCUT2D eigenvalue weighted by molar-refractivity contribution is 0.296. The molecule has 26 heavy (non-hydrogen) atoms. The Kier molecular flexibility index (Phi) is 4.03. The van der Waals surface area contributed by atoms with Crippen molar-refractivity contribution in [1.29, 1.82) is 5.26 Å². The zero-order valence-corrected chi connectivity index (χ0v) is 13.6. The Hall–Kier alpha value is -3.73. The van der Waals surface area contributed by atoms with Crippen LogP contribution in [-0.4, -0.2) is 30.8 Å². The van der Waals surface area contributed by atoms with Gasteiger partial charge in [-0.15, -0.1) is 0 Å². The van der Waals surface area contributed by atoms with Gasteiger partial charge in [0.15, 0.2) is 0 Å². The number of fused-ring (bicyclic) bond motifs is 1. The van der Waals surface area contributed by atoms with Crippen molar-refractivity contribution in [3.8, 4) is 22.9 Å². The fourth-order valence-electron chi connectivity index (χ4n) is 2.70. The summed E-state index contributed by atoms with van der Waals surface area (Å²) < 4.78 is 22.5. The minimum absolute atomic E-state index is 0.425. The molecule has 0 aliphatic carbocycles. The molecule has 0 aromatic carbocycles. The molecule has 8 heteroatoms. The SMILES string of the molecule is N#Cc1cnn2cc(OCCn3ccnc3)cc(-c3ccc(F)nc3)c12. The molecule has 0 aliphatic rings. The molecule has 0 spiro atoms. The van der Waals surface area contributed by atoms with E-state index in [1.165, 1.54) is 18.5 Å². The maximum atomic E-state index is 13.2. The molecule has 0 atom stereocenters. The molecule has 4 heterocycles. The summed E-state index contributed by atoms with van der Waals surface area (Å²) in [6.45, 7) is 1.09. The molecule has 0 aliphatic heterocycles. The molecule has 0 unspecified atom stereocenters. The highest BCUT2D eigenvalue weighted by Crippen LogP contribution is 2.30. The molecule has 7 nitrogen and oxygen atoms in total. The van der Waals surface area contributed by atoms with Crippen LogP contribution in [-0.2, 0) is 6.54 Å². The van der Waals surface area contributed by atoms with E-state index in [9.17, 15) is 9.65 Å². The predicted octanol–water partition coefficient (Wildman–Crippen LogP) is 2.68. The van der Waals surface area contributed by atoms with Gasteiger partial charge >= 0.3 is 0 Å². The van der Waals surface area contributed by atoms with Gasteiger partial charge in [-0.25, -0.2) is 14.5 Å². The highest BCUT2D eigenvalue weighted by atomic mass is 19.1. The van der Waals surface area contributed by atoms with Crippen LogP contribution in [0.25, 0.3) is 16.6 Å². The molecule has 4 rings (SSSR count). The van der Waals surface area contributed by atoms with Gasteiger partial charge in [0.2, 0.25) is 5.95 Å². The van der Waals surface area contributed by atoms with Crippen molar-refractivity contribution in [1.82, 2.24) is 24.1 Å². The predicted molar refractivity (Wildman–Crippen MR) is 90.8 cm³/mol. The van der Waals surface area contributed by atoms with Gasteiger partial charge in [-0.1, -0.05) is 0 Å². The molecule has 0 N–H and O–H groups in total. The van der Waals surface area contributed by atoms with Crippen molar-refractivity contribution in [2.24, 2.45) is 0 Å². The highest BCUT2D eigenvalue weighted by molar-refractivity contribution is 5.84. The zero-order chi connectivity index (χ0) is 17.9. The molecular formula is C18H13FN6O. The average molecular weight is 348 g/mol. The summed E-state index contributed by atoms with van der Waals surface area (Å²) in [7, 11) is 0. The zero-order valence-electron chi connectivity index (χ0n) is 13.6. The van der Waals surface area contributed by atoms with Gasteiger partial charge in [0, 0.05) is 29.7 Å². The first-order valence-electron chi connectivity index (χ1n) is 7.86. The largest absolute Gasteiger partial charge is 0.490 e. The van der Waals surface area contributed by atoms with E-state index in [-0.39, 0.29) is 0 Å². The Bertz CT molecular complexity index is 1080. The standard InChI is InChI=1S/C18H13FN6O/c19-17-2-1-13(9-22-17)16-7-15(26-6-5-24-4-3-21-12-24)11-25-18(16)14(8-20)10-23-25/h1-4,7,9-12H,5-6H2. The van der Waals surface area contributed by atoms with Crippen molar-refractivity contribution < 1.29 is 9.13 Å². The van der Waals surface area contributed by atoms with E-state index in [0.29, 0.717) is 41.1 Å². The minimum Gasteiger partial charge on any atom is -0.490 e. The van der Waals surface area contributed by atoms with Crippen LogP contribution in [0.3, 0.4) is 0 Å². The van der Waals surface area contributed by atoms with Gasteiger partial charge in [0.25, 0.3) is 0 Å². The summed E-state index contributed by atoms with van der Waals surface area (Å²) in [5.74, 6) is 0.0241. The Morgan fingerprint density at radius 1 is 1.27 bits per heavy atom. The molecule has 4 aromatic rings. The monoisotopic (exact) mass is 348 g/mol. The van der Waals surface area contributed by atoms with E-state index < -0.39 is 5.95 Å². The third kappa shape index (κ3) is 2.98. The number of aromatic nitrogens is 5. The fraction of sp³-hybridized carbons (Fsp3) is 0.111. The number of nitriles is 1. The molecule has 0 fully saturated rings. The number of hydrogen-bond acceptors (Lipinski definition) is 5. The van der Waals surface area contributed by atoms with Crippen molar-refractivity contribution >= 4 is 5.52 Å². The Morgan fingerprint density at radius 2 is 2.19 bits per heavy atom. The lowest BCUT2D eigenvalue weighted by Gasteiger charge is -2.11. The van der Waals surface area contributed by atoms with Crippen LogP contribution in [0.5, 0.6) is 5.75 Å². The minimum atomic E-state index is -0.563. The van der Waals surface area contributed by atoms with Crippen LogP contribution in [0.1, 0.15) is 5.56 Å². The second-order valence-electron chi connectivity index (χ2n) is 5.57. The first kappa shape index (κ1) is 15.8. The summed E-state index contributed by atoms with van der Waals surface area (Å²) >= 11 is 0. The Morgan fingerprint density at radius 3 is 2.92 bits per heavy atom. The van der Waals surface area contributed by atoms with Crippen LogP contribution in [0.15, 0.2) is 55.5 Å². The Balaban J connectivity index is 1.71. The lowest BCUT2D eigenvalue weighted by Crippen LogP contribution is -2.07. The molecule has 0 saturated heterocycles. The Labute approximate surface area is 147 Å². The van der Waals surface area contributed by atoms with Gasteiger partial charge in [-0.05, 0) is 18.2 Å². The highest BCUT2D eigenvalue weighted by Gasteiger charge is 2.14. The number of hydrogen-bond donors (Lipinski definition) is 0. The van der Waals surface area contributed by atoms with E-state index in [1.54, 1.807) is 35.4 Å². The summed E-state index contributed by atoms with van der Waals surface area (Å²) in [5, 5.41) is 13.6. The summed E-state index contributed by atoms with van der Waals surface area (Å²) in [6.07, 6.45) is 9.91. The van der Waals surface area contributed by atoms with Gasteiger partial charge in [0.05, 0.1) is 36.3 Å². The molecule has 0 radical (unpaired) electrons. The van der Waals surface area contributed by atoms with Gasteiger partial charge < -0.3 is 9.30 Å². The first-order valence-corrected chi connectivity index (χ1v) is 7.86. The van der Waals surface area contributed by atoms with Gasteiger partial charge in [0.1, 0.15) is 18.4 Å². The second-order valence-corrected chi connectivity index (χ2v) is 5.57. The summed E-state index contributed by atoms with van der Waals surface area (Å²) in [6, 6.07) is 6.82. The van der Waals surface area contributed by atoms with Crippen molar-refractivity contribution in [2.45, 2.75) is 6.54 Å². The maximum absolute atomic E-state index is 13.2. The third-order valence-corrected chi connectivity index (χ3v) is 3.92. The second kappa shape index (κ2) is 6.64. The third-order valence-electron chi connectivity index (χ3n) is 3.92. The first-order chi connectivity index (χ1) is 12.7.